The number of nitrogens with two attached hydrogens (primary N) is 1. The van der Waals surface area contributed by atoms with Gasteiger partial charge >= 0.3 is 5.97 Å². The number of aryl methyl sites for hydroxylation is 1. The minimum Gasteiger partial charge on any atom is -0.478 e. The lowest BCUT2D eigenvalue weighted by Crippen LogP contribution is -2.10. The van der Waals surface area contributed by atoms with Crippen molar-refractivity contribution >= 4 is 5.97 Å². The lowest BCUT2D eigenvalue weighted by atomic mass is 9.97. The van der Waals surface area contributed by atoms with Gasteiger partial charge in [-0.05, 0) is 36.6 Å². The molecule has 0 fully saturated rings. The van der Waals surface area contributed by atoms with Crippen LogP contribution in [0.4, 0.5) is 0 Å². The molecule has 0 aliphatic heterocycles. The molecule has 1 atom stereocenters. The fraction of sp³-hybridized carbons (Fsp3) is 0.364. The molecular weight excluding hydrogens is 178 g/mol. The monoisotopic (exact) mass is 193 g/mol. The van der Waals surface area contributed by atoms with Crippen molar-refractivity contribution in [1.29, 1.82) is 0 Å². The Balaban J connectivity index is 3.12. The summed E-state index contributed by atoms with van der Waals surface area (Å²) in [6, 6.07) is 5.46. The third kappa shape index (κ3) is 2.12. The third-order valence-corrected chi connectivity index (χ3v) is 2.41. The molecule has 3 N–H and O–H groups in total. The minimum atomic E-state index is -0.881. The van der Waals surface area contributed by atoms with Gasteiger partial charge in [-0.25, -0.2) is 4.79 Å². The van der Waals surface area contributed by atoms with E-state index in [1.807, 2.05) is 19.1 Å². The van der Waals surface area contributed by atoms with E-state index >= 15 is 0 Å². The zero-order chi connectivity index (χ0) is 10.7. The molecular formula is C11H15NO2. The van der Waals surface area contributed by atoms with Crippen LogP contribution in [-0.2, 0) is 0 Å². The number of carboxylic acid groups (broad SMARTS) is 1. The molecule has 0 aromatic heterocycles. The van der Waals surface area contributed by atoms with Gasteiger partial charge in [-0.1, -0.05) is 19.1 Å². The molecule has 0 radical (unpaired) electrons. The van der Waals surface area contributed by atoms with Crippen molar-refractivity contribution < 1.29 is 9.90 Å². The summed E-state index contributed by atoms with van der Waals surface area (Å²) in [4.78, 5) is 10.9. The Morgan fingerprint density at radius 1 is 1.57 bits per heavy atom. The Morgan fingerprint density at radius 3 is 2.71 bits per heavy atom. The quantitative estimate of drug-likeness (QED) is 0.768. The number of hydrogen-bond donors (Lipinski definition) is 2. The first-order chi connectivity index (χ1) is 6.56. The first-order valence-corrected chi connectivity index (χ1v) is 4.60. The maximum Gasteiger partial charge on any atom is 0.335 e. The highest BCUT2D eigenvalue weighted by Crippen LogP contribution is 2.18. The van der Waals surface area contributed by atoms with Crippen molar-refractivity contribution in [3.05, 3.63) is 34.9 Å². The molecule has 0 saturated heterocycles. The molecule has 0 bridgehead atoms. The molecule has 0 heterocycles. The van der Waals surface area contributed by atoms with Crippen LogP contribution in [0.5, 0.6) is 0 Å². The Hall–Kier alpha value is -1.35. The molecule has 76 valence electrons. The summed E-state index contributed by atoms with van der Waals surface area (Å²) in [5, 5.41) is 8.91. The molecule has 0 aliphatic rings. The number of benzene rings is 1. The van der Waals surface area contributed by atoms with Gasteiger partial charge in [-0.15, -0.1) is 0 Å². The topological polar surface area (TPSA) is 63.3 Å². The fourth-order valence-corrected chi connectivity index (χ4v) is 1.31. The SMILES string of the molecule is Cc1ccc(C(C)CN)cc1C(=O)O. The Bertz CT molecular complexity index is 347. The fourth-order valence-electron chi connectivity index (χ4n) is 1.31. The predicted molar refractivity (Wildman–Crippen MR) is 55.6 cm³/mol. The van der Waals surface area contributed by atoms with Crippen molar-refractivity contribution in [1.82, 2.24) is 0 Å². The maximum absolute atomic E-state index is 10.9. The molecule has 1 unspecified atom stereocenters. The van der Waals surface area contributed by atoms with E-state index in [1.165, 1.54) is 0 Å². The van der Waals surface area contributed by atoms with Gasteiger partial charge in [0.2, 0.25) is 0 Å². The number of rotatable bonds is 3. The van der Waals surface area contributed by atoms with Gasteiger partial charge in [-0.2, -0.15) is 0 Å². The van der Waals surface area contributed by atoms with Gasteiger partial charge in [-0.3, -0.25) is 0 Å². The van der Waals surface area contributed by atoms with Gasteiger partial charge in [0.05, 0.1) is 5.56 Å². The van der Waals surface area contributed by atoms with Crippen molar-refractivity contribution in [3.8, 4) is 0 Å². The lowest BCUT2D eigenvalue weighted by Gasteiger charge is -2.10. The molecule has 0 aliphatic carbocycles. The normalized spacial score (nSPS) is 12.5. The number of hydrogen-bond acceptors (Lipinski definition) is 2. The van der Waals surface area contributed by atoms with Crippen LogP contribution < -0.4 is 5.73 Å². The van der Waals surface area contributed by atoms with Crippen LogP contribution in [0.3, 0.4) is 0 Å². The van der Waals surface area contributed by atoms with Crippen LogP contribution in [0.15, 0.2) is 18.2 Å². The van der Waals surface area contributed by atoms with E-state index in [0.717, 1.165) is 11.1 Å². The second-order valence-corrected chi connectivity index (χ2v) is 3.52. The van der Waals surface area contributed by atoms with Crippen molar-refractivity contribution in [2.24, 2.45) is 5.73 Å². The van der Waals surface area contributed by atoms with E-state index in [2.05, 4.69) is 0 Å². The van der Waals surface area contributed by atoms with E-state index < -0.39 is 5.97 Å². The number of carbonyl (C=O) groups is 1. The van der Waals surface area contributed by atoms with Crippen molar-refractivity contribution in [2.45, 2.75) is 19.8 Å². The second-order valence-electron chi connectivity index (χ2n) is 3.52. The molecule has 0 saturated carbocycles. The Kier molecular flexibility index (Phi) is 3.25. The summed E-state index contributed by atoms with van der Waals surface area (Å²) in [6.45, 7) is 4.30. The maximum atomic E-state index is 10.9. The Morgan fingerprint density at radius 2 is 2.21 bits per heavy atom. The van der Waals surface area contributed by atoms with E-state index in [9.17, 15) is 4.79 Å². The van der Waals surface area contributed by atoms with Gasteiger partial charge < -0.3 is 10.8 Å². The van der Waals surface area contributed by atoms with E-state index in [1.54, 1.807) is 13.0 Å². The second kappa shape index (κ2) is 4.24. The molecule has 1 aromatic rings. The van der Waals surface area contributed by atoms with Crippen LogP contribution in [0.25, 0.3) is 0 Å². The van der Waals surface area contributed by atoms with Crippen LogP contribution in [0, 0.1) is 6.92 Å². The highest BCUT2D eigenvalue weighted by molar-refractivity contribution is 5.89. The van der Waals surface area contributed by atoms with Crippen LogP contribution >= 0.6 is 0 Å². The predicted octanol–water partition coefficient (Wildman–Crippen LogP) is 1.76. The highest BCUT2D eigenvalue weighted by Gasteiger charge is 2.10. The first-order valence-electron chi connectivity index (χ1n) is 4.60. The highest BCUT2D eigenvalue weighted by atomic mass is 16.4. The number of aromatic carboxylic acids is 1. The molecule has 1 aromatic carbocycles. The average molecular weight is 193 g/mol. The van der Waals surface area contributed by atoms with Crippen molar-refractivity contribution in [2.75, 3.05) is 6.54 Å². The number of carboxylic acids is 1. The summed E-state index contributed by atoms with van der Waals surface area (Å²) in [5.41, 5.74) is 7.65. The van der Waals surface area contributed by atoms with E-state index in [-0.39, 0.29) is 5.92 Å². The minimum absolute atomic E-state index is 0.202. The molecule has 0 spiro atoms. The smallest absolute Gasteiger partial charge is 0.335 e. The Labute approximate surface area is 83.6 Å². The molecule has 14 heavy (non-hydrogen) atoms. The van der Waals surface area contributed by atoms with Crippen LogP contribution in [-0.4, -0.2) is 17.6 Å². The third-order valence-electron chi connectivity index (χ3n) is 2.41. The molecule has 0 amide bonds. The van der Waals surface area contributed by atoms with Crippen LogP contribution in [0.2, 0.25) is 0 Å². The molecule has 3 heteroatoms. The van der Waals surface area contributed by atoms with Gasteiger partial charge in [0.1, 0.15) is 0 Å². The molecule has 1 rings (SSSR count). The first kappa shape index (κ1) is 10.7. The van der Waals surface area contributed by atoms with Gasteiger partial charge in [0.15, 0.2) is 0 Å². The zero-order valence-electron chi connectivity index (χ0n) is 8.45. The van der Waals surface area contributed by atoms with Crippen molar-refractivity contribution in [3.63, 3.8) is 0 Å². The molecule has 3 nitrogen and oxygen atoms in total. The van der Waals surface area contributed by atoms with E-state index in [0.29, 0.717) is 12.1 Å². The summed E-state index contributed by atoms with van der Waals surface area (Å²) in [5.74, 6) is -0.678. The largest absolute Gasteiger partial charge is 0.478 e. The summed E-state index contributed by atoms with van der Waals surface area (Å²) in [7, 11) is 0. The van der Waals surface area contributed by atoms with Gasteiger partial charge in [0.25, 0.3) is 0 Å². The van der Waals surface area contributed by atoms with Crippen LogP contribution in [0.1, 0.15) is 34.3 Å². The zero-order valence-corrected chi connectivity index (χ0v) is 8.45. The van der Waals surface area contributed by atoms with Gasteiger partial charge in [0, 0.05) is 0 Å². The summed E-state index contributed by atoms with van der Waals surface area (Å²) in [6.07, 6.45) is 0. The summed E-state index contributed by atoms with van der Waals surface area (Å²) >= 11 is 0. The summed E-state index contributed by atoms with van der Waals surface area (Å²) < 4.78 is 0. The lowest BCUT2D eigenvalue weighted by molar-refractivity contribution is 0.0696. The average Bonchev–Trinajstić information content (AvgIpc) is 2.17. The standard InChI is InChI=1S/C11H15NO2/c1-7-3-4-9(8(2)6-12)5-10(7)11(13)14/h3-5,8H,6,12H2,1-2H3,(H,13,14). The van der Waals surface area contributed by atoms with E-state index in [4.69, 9.17) is 10.8 Å².